The van der Waals surface area contributed by atoms with Crippen molar-refractivity contribution in [3.8, 4) is 5.75 Å². The summed E-state index contributed by atoms with van der Waals surface area (Å²) in [5, 5.41) is 12.3. The zero-order chi connectivity index (χ0) is 20.7. The number of benzene rings is 1. The number of halogens is 1. The fourth-order valence-electron chi connectivity index (χ4n) is 3.49. The van der Waals surface area contributed by atoms with Crippen molar-refractivity contribution in [1.82, 2.24) is 10.2 Å². The fraction of sp³-hybridized carbons (Fsp3) is 0.526. The maximum absolute atomic E-state index is 14.7. The lowest BCUT2D eigenvalue weighted by atomic mass is 9.74. The van der Waals surface area contributed by atoms with E-state index < -0.39 is 29.0 Å². The molecule has 0 aliphatic carbocycles. The number of nitrogens with zero attached hydrogens (tertiary/aromatic N) is 2. The quantitative estimate of drug-likeness (QED) is 0.761. The van der Waals surface area contributed by atoms with Crippen LogP contribution in [0.15, 0.2) is 23.2 Å². The largest absolute Gasteiger partial charge is 0.508 e. The number of phenols is 1. The second-order valence-electron chi connectivity index (χ2n) is 7.94. The van der Waals surface area contributed by atoms with Gasteiger partial charge >= 0.3 is 6.09 Å². The van der Waals surface area contributed by atoms with E-state index in [9.17, 15) is 19.1 Å². The molecule has 1 aromatic carbocycles. The molecule has 1 fully saturated rings. The predicted octanol–water partition coefficient (Wildman–Crippen LogP) is 2.12. The molecule has 9 heteroatoms. The highest BCUT2D eigenvalue weighted by Gasteiger charge is 2.53. The summed E-state index contributed by atoms with van der Waals surface area (Å²) in [5.41, 5.74) is -2.09. The average molecular weight is 393 g/mol. The van der Waals surface area contributed by atoms with Gasteiger partial charge in [0.2, 0.25) is 11.9 Å². The van der Waals surface area contributed by atoms with Crippen LogP contribution in [-0.4, -0.2) is 53.8 Å². The molecule has 2 heterocycles. The van der Waals surface area contributed by atoms with Crippen molar-refractivity contribution in [3.63, 3.8) is 0 Å². The van der Waals surface area contributed by atoms with Crippen molar-refractivity contribution in [3.05, 3.63) is 29.6 Å². The van der Waals surface area contributed by atoms with E-state index in [1.54, 1.807) is 20.8 Å². The van der Waals surface area contributed by atoms with Crippen LogP contribution in [0.1, 0.15) is 32.8 Å². The molecule has 152 valence electrons. The lowest BCUT2D eigenvalue weighted by Gasteiger charge is -2.45. The van der Waals surface area contributed by atoms with Gasteiger partial charge in [0.1, 0.15) is 22.7 Å². The number of guanidine groups is 1. The zero-order valence-electron chi connectivity index (χ0n) is 16.3. The molecular formula is C19H24FN3O5. The summed E-state index contributed by atoms with van der Waals surface area (Å²) in [5.74, 6) is -1.85. The summed E-state index contributed by atoms with van der Waals surface area (Å²) in [7, 11) is 1.48. The average Bonchev–Trinajstić information content (AvgIpc) is 2.60. The molecule has 0 aromatic heterocycles. The van der Waals surface area contributed by atoms with Gasteiger partial charge in [-0.1, -0.05) is 0 Å². The Bertz CT molecular complexity index is 835. The SMILES string of the molecule is CN1C(=O)C2CCOCC2(c2cc(O)ccc2F)N=C1NC(=O)OC(C)(C)C. The summed E-state index contributed by atoms with van der Waals surface area (Å²) in [4.78, 5) is 31.0. The third kappa shape index (κ3) is 3.66. The fourth-order valence-corrected chi connectivity index (χ4v) is 3.49. The Morgan fingerprint density at radius 3 is 2.86 bits per heavy atom. The van der Waals surface area contributed by atoms with Crippen LogP contribution in [0, 0.1) is 11.7 Å². The molecule has 2 unspecified atom stereocenters. The van der Waals surface area contributed by atoms with E-state index in [0.717, 1.165) is 6.07 Å². The first-order chi connectivity index (χ1) is 13.0. The van der Waals surface area contributed by atoms with Crippen molar-refractivity contribution in [2.75, 3.05) is 20.3 Å². The third-order valence-electron chi connectivity index (χ3n) is 4.73. The minimum atomic E-state index is -1.39. The van der Waals surface area contributed by atoms with E-state index in [-0.39, 0.29) is 29.8 Å². The number of fused-ring (bicyclic) bond motifs is 1. The number of alkyl carbamates (subject to hydrolysis) is 1. The molecule has 1 saturated heterocycles. The van der Waals surface area contributed by atoms with Crippen LogP contribution in [0.25, 0.3) is 0 Å². The highest BCUT2D eigenvalue weighted by Crippen LogP contribution is 2.44. The maximum Gasteiger partial charge on any atom is 0.414 e. The van der Waals surface area contributed by atoms with E-state index in [1.807, 2.05) is 0 Å². The molecule has 2 amide bonds. The molecule has 28 heavy (non-hydrogen) atoms. The van der Waals surface area contributed by atoms with Crippen molar-refractivity contribution in [2.24, 2.45) is 10.9 Å². The van der Waals surface area contributed by atoms with Crippen LogP contribution < -0.4 is 5.32 Å². The summed E-state index contributed by atoms with van der Waals surface area (Å²) in [6.07, 6.45) is -0.450. The number of amides is 2. The number of aliphatic imine (C=N–C) groups is 1. The van der Waals surface area contributed by atoms with Gasteiger partial charge in [0, 0.05) is 19.2 Å². The van der Waals surface area contributed by atoms with E-state index in [0.29, 0.717) is 13.0 Å². The van der Waals surface area contributed by atoms with Crippen molar-refractivity contribution in [2.45, 2.75) is 38.3 Å². The van der Waals surface area contributed by atoms with Crippen LogP contribution >= 0.6 is 0 Å². The van der Waals surface area contributed by atoms with Gasteiger partial charge in [-0.3, -0.25) is 15.0 Å². The van der Waals surface area contributed by atoms with Gasteiger partial charge in [0.25, 0.3) is 0 Å². The number of carbonyl (C=O) groups is 2. The van der Waals surface area contributed by atoms with Crippen LogP contribution in [0.2, 0.25) is 0 Å². The number of ether oxygens (including phenoxy) is 2. The number of rotatable bonds is 1. The number of hydrogen-bond acceptors (Lipinski definition) is 6. The van der Waals surface area contributed by atoms with Crippen LogP contribution in [-0.2, 0) is 19.8 Å². The lowest BCUT2D eigenvalue weighted by molar-refractivity contribution is -0.140. The second-order valence-corrected chi connectivity index (χ2v) is 7.94. The second kappa shape index (κ2) is 7.05. The Kier molecular flexibility index (Phi) is 5.05. The van der Waals surface area contributed by atoms with Crippen molar-refractivity contribution in [1.29, 1.82) is 0 Å². The maximum atomic E-state index is 14.7. The normalized spacial score (nSPS) is 25.0. The first kappa shape index (κ1) is 20.1. The highest BCUT2D eigenvalue weighted by molar-refractivity contribution is 6.05. The third-order valence-corrected chi connectivity index (χ3v) is 4.73. The molecule has 2 aliphatic rings. The summed E-state index contributed by atoms with van der Waals surface area (Å²) in [6, 6.07) is 3.57. The van der Waals surface area contributed by atoms with Gasteiger partial charge in [0.15, 0.2) is 0 Å². The molecule has 2 N–H and O–H groups in total. The lowest BCUT2D eigenvalue weighted by Crippen LogP contribution is -2.60. The minimum Gasteiger partial charge on any atom is -0.508 e. The van der Waals surface area contributed by atoms with Gasteiger partial charge in [-0.15, -0.1) is 0 Å². The monoisotopic (exact) mass is 393 g/mol. The number of carbonyl (C=O) groups excluding carboxylic acids is 2. The molecular weight excluding hydrogens is 369 g/mol. The van der Waals surface area contributed by atoms with E-state index in [4.69, 9.17) is 9.47 Å². The molecule has 1 aromatic rings. The van der Waals surface area contributed by atoms with Gasteiger partial charge in [-0.25, -0.2) is 14.2 Å². The van der Waals surface area contributed by atoms with Crippen LogP contribution in [0.4, 0.5) is 9.18 Å². The number of hydrogen-bond donors (Lipinski definition) is 2. The molecule has 2 atom stereocenters. The Morgan fingerprint density at radius 2 is 2.18 bits per heavy atom. The first-order valence-electron chi connectivity index (χ1n) is 8.98. The first-order valence-corrected chi connectivity index (χ1v) is 8.98. The summed E-state index contributed by atoms with van der Waals surface area (Å²) < 4.78 is 25.4. The predicted molar refractivity (Wildman–Crippen MR) is 98.2 cm³/mol. The topological polar surface area (TPSA) is 100 Å². The number of aromatic hydroxyl groups is 1. The minimum absolute atomic E-state index is 0.0436. The Morgan fingerprint density at radius 1 is 1.46 bits per heavy atom. The van der Waals surface area contributed by atoms with Gasteiger partial charge < -0.3 is 14.6 Å². The molecule has 2 aliphatic heterocycles. The number of nitrogens with one attached hydrogen (secondary N) is 1. The number of phenolic OH excluding ortho intramolecular Hbond substituents is 1. The summed E-state index contributed by atoms with van der Waals surface area (Å²) >= 11 is 0. The summed E-state index contributed by atoms with van der Waals surface area (Å²) in [6.45, 7) is 5.39. The molecule has 3 rings (SSSR count). The standard InChI is InChI=1S/C19H24FN3O5/c1-18(2,3)28-17(26)21-16-22-19(13-9-11(24)5-6-14(13)20)10-27-8-7-12(19)15(25)23(16)4/h5-6,9,12,24H,7-8,10H2,1-4H3,(H,21,22,26). The molecule has 0 saturated carbocycles. The zero-order valence-corrected chi connectivity index (χ0v) is 16.3. The van der Waals surface area contributed by atoms with Crippen LogP contribution in [0.3, 0.4) is 0 Å². The van der Waals surface area contributed by atoms with Gasteiger partial charge in [0.05, 0.1) is 12.5 Å². The van der Waals surface area contributed by atoms with E-state index in [2.05, 4.69) is 10.3 Å². The van der Waals surface area contributed by atoms with Gasteiger partial charge in [-0.2, -0.15) is 0 Å². The molecule has 0 bridgehead atoms. The van der Waals surface area contributed by atoms with E-state index >= 15 is 0 Å². The van der Waals surface area contributed by atoms with E-state index in [1.165, 1.54) is 24.1 Å². The Balaban J connectivity index is 2.08. The van der Waals surface area contributed by atoms with Gasteiger partial charge in [-0.05, 0) is 45.4 Å². The Hall–Kier alpha value is -2.68. The van der Waals surface area contributed by atoms with Crippen molar-refractivity contribution < 1.29 is 28.6 Å². The highest BCUT2D eigenvalue weighted by atomic mass is 19.1. The smallest absolute Gasteiger partial charge is 0.414 e. The van der Waals surface area contributed by atoms with Crippen molar-refractivity contribution >= 4 is 18.0 Å². The van der Waals surface area contributed by atoms with Crippen LogP contribution in [0.5, 0.6) is 5.75 Å². The molecule has 0 spiro atoms. The Labute approximate surface area is 162 Å². The molecule has 8 nitrogen and oxygen atoms in total. The molecule has 0 radical (unpaired) electrons.